The van der Waals surface area contributed by atoms with Crippen LogP contribution in [0.3, 0.4) is 0 Å². The van der Waals surface area contributed by atoms with Gasteiger partial charge in [0.25, 0.3) is 0 Å². The van der Waals surface area contributed by atoms with Crippen LogP contribution in [0.25, 0.3) is 0 Å². The van der Waals surface area contributed by atoms with E-state index in [0.29, 0.717) is 12.1 Å². The third-order valence-electron chi connectivity index (χ3n) is 4.26. The van der Waals surface area contributed by atoms with E-state index < -0.39 is 0 Å². The van der Waals surface area contributed by atoms with E-state index in [0.717, 1.165) is 12.8 Å². The lowest BCUT2D eigenvalue weighted by Crippen LogP contribution is -2.54. The van der Waals surface area contributed by atoms with Crippen LogP contribution >= 0.6 is 0 Å². The van der Waals surface area contributed by atoms with Gasteiger partial charge >= 0.3 is 0 Å². The topological polar surface area (TPSA) is 30.3 Å². The van der Waals surface area contributed by atoms with Crippen molar-refractivity contribution in [1.82, 2.24) is 9.80 Å². The van der Waals surface area contributed by atoms with Crippen LogP contribution in [-0.2, 0) is 0 Å². The minimum absolute atomic E-state index is 0.150. The molecule has 0 aromatic heterocycles. The maximum Gasteiger partial charge on any atom is 0.0683 e. The molecule has 0 saturated carbocycles. The van der Waals surface area contributed by atoms with Crippen molar-refractivity contribution in [2.45, 2.75) is 59.0 Å². The van der Waals surface area contributed by atoms with Crippen LogP contribution in [0.5, 0.6) is 0 Å². The van der Waals surface area contributed by atoms with Gasteiger partial charge in [-0.15, -0.1) is 0 Å². The van der Waals surface area contributed by atoms with Crippen molar-refractivity contribution in [3.8, 4) is 6.07 Å². The Hall–Kier alpha value is -0.590. The quantitative estimate of drug-likeness (QED) is 0.704. The van der Waals surface area contributed by atoms with Crippen molar-refractivity contribution in [1.29, 1.82) is 5.26 Å². The summed E-state index contributed by atoms with van der Waals surface area (Å²) in [5.74, 6) is 0. The van der Waals surface area contributed by atoms with Crippen LogP contribution in [0.2, 0.25) is 0 Å². The Kier molecular flexibility index (Phi) is 5.62. The zero-order valence-electron chi connectivity index (χ0n) is 12.7. The van der Waals surface area contributed by atoms with Gasteiger partial charge in [0.2, 0.25) is 0 Å². The summed E-state index contributed by atoms with van der Waals surface area (Å²) in [5, 5.41) is 8.97. The molecule has 18 heavy (non-hydrogen) atoms. The minimum atomic E-state index is -0.150. The number of hydrogen-bond donors (Lipinski definition) is 0. The van der Waals surface area contributed by atoms with Gasteiger partial charge in [-0.25, -0.2) is 0 Å². The smallest absolute Gasteiger partial charge is 0.0683 e. The first-order chi connectivity index (χ1) is 8.35. The van der Waals surface area contributed by atoms with Crippen LogP contribution in [0.15, 0.2) is 0 Å². The van der Waals surface area contributed by atoms with Crippen LogP contribution in [0.1, 0.15) is 47.0 Å². The summed E-state index contributed by atoms with van der Waals surface area (Å²) in [7, 11) is 2.22. The second-order valence-electron chi connectivity index (χ2n) is 6.58. The predicted molar refractivity (Wildman–Crippen MR) is 76.4 cm³/mol. The number of likely N-dealkylation sites (N-methyl/N-ethyl adjacent to an activating group) is 1. The molecule has 0 bridgehead atoms. The molecule has 0 amide bonds. The maximum absolute atomic E-state index is 8.97. The van der Waals surface area contributed by atoms with E-state index in [1.165, 1.54) is 26.1 Å². The molecule has 0 radical (unpaired) electrons. The van der Waals surface area contributed by atoms with Crippen molar-refractivity contribution in [3.63, 3.8) is 0 Å². The summed E-state index contributed by atoms with van der Waals surface area (Å²) in [6.45, 7) is 12.2. The number of rotatable bonds is 5. The van der Waals surface area contributed by atoms with Gasteiger partial charge < -0.3 is 4.90 Å². The summed E-state index contributed by atoms with van der Waals surface area (Å²) in [4.78, 5) is 5.05. The molecule has 1 heterocycles. The third-order valence-corrected chi connectivity index (χ3v) is 4.26. The zero-order chi connectivity index (χ0) is 13.8. The second-order valence-corrected chi connectivity index (χ2v) is 6.58. The van der Waals surface area contributed by atoms with E-state index in [1.807, 2.05) is 13.8 Å². The molecule has 0 N–H and O–H groups in total. The molecule has 0 aromatic rings. The van der Waals surface area contributed by atoms with E-state index in [4.69, 9.17) is 5.26 Å². The fourth-order valence-corrected chi connectivity index (χ4v) is 2.65. The zero-order valence-corrected chi connectivity index (χ0v) is 12.7. The lowest BCUT2D eigenvalue weighted by molar-refractivity contribution is 0.0588. The van der Waals surface area contributed by atoms with Gasteiger partial charge in [0.15, 0.2) is 0 Å². The largest absolute Gasteiger partial charge is 0.300 e. The molecule has 2 unspecified atom stereocenters. The molecular weight excluding hydrogens is 222 g/mol. The Morgan fingerprint density at radius 3 is 2.22 bits per heavy atom. The summed E-state index contributed by atoms with van der Waals surface area (Å²) in [6, 6.07) is 3.69. The highest BCUT2D eigenvalue weighted by atomic mass is 15.3. The first-order valence-corrected chi connectivity index (χ1v) is 7.21. The Morgan fingerprint density at radius 2 is 1.72 bits per heavy atom. The van der Waals surface area contributed by atoms with E-state index >= 15 is 0 Å². The van der Waals surface area contributed by atoms with Crippen LogP contribution in [0, 0.1) is 16.7 Å². The average Bonchev–Trinajstić information content (AvgIpc) is 2.31. The summed E-state index contributed by atoms with van der Waals surface area (Å²) >= 11 is 0. The highest BCUT2D eigenvalue weighted by molar-refractivity contribution is 4.91. The Labute approximate surface area is 113 Å². The lowest BCUT2D eigenvalue weighted by atomic mass is 9.89. The molecule has 1 rings (SSSR count). The highest BCUT2D eigenvalue weighted by Gasteiger charge is 2.26. The van der Waals surface area contributed by atoms with Crippen molar-refractivity contribution in [2.24, 2.45) is 5.41 Å². The molecule has 1 saturated heterocycles. The van der Waals surface area contributed by atoms with Gasteiger partial charge in [-0.3, -0.25) is 4.90 Å². The summed E-state index contributed by atoms with van der Waals surface area (Å²) in [6.07, 6.45) is 3.40. The van der Waals surface area contributed by atoms with E-state index in [2.05, 4.69) is 36.8 Å². The molecule has 1 aliphatic rings. The number of nitrogens with zero attached hydrogens (tertiary/aromatic N) is 3. The summed E-state index contributed by atoms with van der Waals surface area (Å²) in [5.41, 5.74) is -0.150. The summed E-state index contributed by atoms with van der Waals surface area (Å²) < 4.78 is 0. The first kappa shape index (κ1) is 15.5. The van der Waals surface area contributed by atoms with Gasteiger partial charge in [0, 0.05) is 25.2 Å². The first-order valence-electron chi connectivity index (χ1n) is 7.21. The third kappa shape index (κ3) is 4.59. The maximum atomic E-state index is 8.97. The van der Waals surface area contributed by atoms with Gasteiger partial charge in [-0.05, 0) is 54.1 Å². The van der Waals surface area contributed by atoms with Crippen LogP contribution in [0.4, 0.5) is 0 Å². The molecule has 0 aromatic carbocycles. The molecule has 1 fully saturated rings. The van der Waals surface area contributed by atoms with Gasteiger partial charge in [0.05, 0.1) is 11.5 Å². The van der Waals surface area contributed by atoms with E-state index in [1.54, 1.807) is 0 Å². The second kappa shape index (κ2) is 6.54. The molecule has 3 heteroatoms. The van der Waals surface area contributed by atoms with Crippen LogP contribution < -0.4 is 0 Å². The van der Waals surface area contributed by atoms with Crippen molar-refractivity contribution in [2.75, 3.05) is 26.7 Å². The monoisotopic (exact) mass is 251 g/mol. The molecule has 3 nitrogen and oxygen atoms in total. The highest BCUT2D eigenvalue weighted by Crippen LogP contribution is 2.22. The molecule has 2 atom stereocenters. The fourth-order valence-electron chi connectivity index (χ4n) is 2.65. The Balaban J connectivity index is 2.23. The van der Waals surface area contributed by atoms with Gasteiger partial charge in [0.1, 0.15) is 0 Å². The average molecular weight is 251 g/mol. The Bertz CT molecular complexity index is 281. The SMILES string of the molecule is CC1CN(CCCCC(C)(C)C#N)CC(C)N1C. The van der Waals surface area contributed by atoms with Crippen LogP contribution in [-0.4, -0.2) is 48.6 Å². The number of hydrogen-bond acceptors (Lipinski definition) is 3. The van der Waals surface area contributed by atoms with Crippen molar-refractivity contribution in [3.05, 3.63) is 0 Å². The lowest BCUT2D eigenvalue weighted by Gasteiger charge is -2.42. The molecule has 0 aliphatic carbocycles. The molecule has 104 valence electrons. The van der Waals surface area contributed by atoms with Crippen molar-refractivity contribution >= 4 is 0 Å². The fraction of sp³-hybridized carbons (Fsp3) is 0.933. The molecular formula is C15H29N3. The normalized spacial score (nSPS) is 27.1. The van der Waals surface area contributed by atoms with Crippen molar-refractivity contribution < 1.29 is 0 Å². The minimum Gasteiger partial charge on any atom is -0.300 e. The molecule has 0 spiro atoms. The van der Waals surface area contributed by atoms with E-state index in [-0.39, 0.29) is 5.41 Å². The predicted octanol–water partition coefficient (Wildman–Crippen LogP) is 2.73. The molecule has 1 aliphatic heterocycles. The number of nitriles is 1. The number of piperazine rings is 1. The van der Waals surface area contributed by atoms with Gasteiger partial charge in [-0.2, -0.15) is 5.26 Å². The van der Waals surface area contributed by atoms with Gasteiger partial charge in [-0.1, -0.05) is 6.42 Å². The number of unbranched alkanes of at least 4 members (excludes halogenated alkanes) is 1. The Morgan fingerprint density at radius 1 is 1.17 bits per heavy atom. The van der Waals surface area contributed by atoms with E-state index in [9.17, 15) is 0 Å². The standard InChI is InChI=1S/C15H29N3/c1-13-10-18(11-14(2)17(13)5)9-7-6-8-15(3,4)12-16/h13-14H,6-11H2,1-5H3.